The van der Waals surface area contributed by atoms with Crippen molar-refractivity contribution < 1.29 is 13.5 Å². The van der Waals surface area contributed by atoms with E-state index in [4.69, 9.17) is 0 Å². The maximum Gasteiger partial charge on any atom is 0.271 e. The highest BCUT2D eigenvalue weighted by molar-refractivity contribution is 7.94. The molecule has 26 heavy (non-hydrogen) atoms. The molecule has 2 aromatic heterocycles. The van der Waals surface area contributed by atoms with Crippen LogP contribution in [-0.4, -0.2) is 20.5 Å². The Hall–Kier alpha value is -2.49. The average Bonchev–Trinajstić information content (AvgIpc) is 3.28. The fraction of sp³-hybridized carbons (Fsp3) is 0.0588. The molecule has 0 spiro atoms. The quantitative estimate of drug-likeness (QED) is 0.389. The van der Waals surface area contributed by atoms with Crippen LogP contribution in [0.3, 0.4) is 0 Å². The van der Waals surface area contributed by atoms with Crippen molar-refractivity contribution >= 4 is 50.5 Å². The average molecular weight is 405 g/mol. The molecule has 0 aliphatic carbocycles. The molecule has 6 nitrogen and oxygen atoms in total. The number of sulfonamides is 1. The van der Waals surface area contributed by atoms with E-state index in [9.17, 15) is 13.5 Å². The summed E-state index contributed by atoms with van der Waals surface area (Å²) in [6.45, 7) is 1.94. The zero-order valence-corrected chi connectivity index (χ0v) is 16.1. The number of para-hydroxylation sites is 1. The predicted octanol–water partition coefficient (Wildman–Crippen LogP) is 3.06. The third-order valence-electron chi connectivity index (χ3n) is 3.39. The second-order valence-corrected chi connectivity index (χ2v) is 9.01. The molecular formula is C17H14N3O3S3-. The highest BCUT2D eigenvalue weighted by Gasteiger charge is 2.16. The van der Waals surface area contributed by atoms with Crippen LogP contribution in [0.5, 0.6) is 0 Å². The van der Waals surface area contributed by atoms with E-state index in [0.717, 1.165) is 21.8 Å². The van der Waals surface area contributed by atoms with E-state index >= 15 is 0 Å². The van der Waals surface area contributed by atoms with Crippen LogP contribution in [0.2, 0.25) is 0 Å². The largest absolute Gasteiger partial charge is 0.857 e. The van der Waals surface area contributed by atoms with Crippen LogP contribution in [0.4, 0.5) is 5.69 Å². The van der Waals surface area contributed by atoms with Gasteiger partial charge in [-0.3, -0.25) is 4.72 Å². The molecule has 3 rings (SSSR count). The Morgan fingerprint density at radius 2 is 1.92 bits per heavy atom. The monoisotopic (exact) mass is 404 g/mol. The lowest BCUT2D eigenvalue weighted by Crippen LogP contribution is -2.22. The second kappa shape index (κ2) is 7.81. The number of nitrogens with one attached hydrogen (secondary N) is 1. The normalized spacial score (nSPS) is 12.6. The maximum absolute atomic E-state index is 12.4. The molecule has 1 N–H and O–H groups in total. The SMILES string of the molecule is Cc1ccsc1/C=N\N=C([O-])c1ccccc1NS(=O)(=O)c1cccs1. The van der Waals surface area contributed by atoms with Gasteiger partial charge in [0.15, 0.2) is 0 Å². The zero-order valence-electron chi connectivity index (χ0n) is 13.6. The van der Waals surface area contributed by atoms with E-state index in [-0.39, 0.29) is 15.5 Å². The molecule has 0 unspecified atom stereocenters. The van der Waals surface area contributed by atoms with E-state index < -0.39 is 15.9 Å². The van der Waals surface area contributed by atoms with Crippen LogP contribution in [-0.2, 0) is 10.0 Å². The lowest BCUT2D eigenvalue weighted by atomic mass is 10.2. The highest BCUT2D eigenvalue weighted by atomic mass is 32.2. The number of anilines is 1. The number of hydrogen-bond acceptors (Lipinski definition) is 7. The first-order valence-corrected chi connectivity index (χ1v) is 10.7. The Labute approximate surface area is 159 Å². The Balaban J connectivity index is 1.86. The van der Waals surface area contributed by atoms with E-state index in [1.54, 1.807) is 23.6 Å². The number of hydrogen-bond donors (Lipinski definition) is 1. The summed E-state index contributed by atoms with van der Waals surface area (Å²) in [6.07, 6.45) is 1.51. The molecule has 2 heterocycles. The zero-order chi connectivity index (χ0) is 18.6. The molecule has 0 fully saturated rings. The first-order valence-electron chi connectivity index (χ1n) is 7.45. The Morgan fingerprint density at radius 3 is 2.62 bits per heavy atom. The summed E-state index contributed by atoms with van der Waals surface area (Å²) >= 11 is 2.59. The van der Waals surface area contributed by atoms with Crippen molar-refractivity contribution in [3.8, 4) is 0 Å². The van der Waals surface area contributed by atoms with E-state index in [1.807, 2.05) is 18.4 Å². The number of rotatable bonds is 6. The van der Waals surface area contributed by atoms with Crippen molar-refractivity contribution in [3.05, 3.63) is 69.2 Å². The van der Waals surface area contributed by atoms with Gasteiger partial charge in [-0.15, -0.1) is 22.7 Å². The molecule has 0 aliphatic rings. The van der Waals surface area contributed by atoms with Gasteiger partial charge in [0.25, 0.3) is 10.0 Å². The van der Waals surface area contributed by atoms with Crippen LogP contribution in [0, 0.1) is 6.92 Å². The first kappa shape index (κ1) is 18.3. The van der Waals surface area contributed by atoms with Crippen LogP contribution in [0.15, 0.2) is 67.6 Å². The second-order valence-electron chi connectivity index (χ2n) is 5.20. The minimum Gasteiger partial charge on any atom is -0.857 e. The fourth-order valence-corrected chi connectivity index (χ4v) is 4.93. The third kappa shape index (κ3) is 4.18. The van der Waals surface area contributed by atoms with Crippen molar-refractivity contribution in [1.29, 1.82) is 0 Å². The van der Waals surface area contributed by atoms with E-state index in [2.05, 4.69) is 14.9 Å². The molecule has 134 valence electrons. The van der Waals surface area contributed by atoms with Gasteiger partial charge in [-0.05, 0) is 41.4 Å². The van der Waals surface area contributed by atoms with Crippen LogP contribution < -0.4 is 9.83 Å². The summed E-state index contributed by atoms with van der Waals surface area (Å²) in [5.74, 6) is -0.625. The van der Waals surface area contributed by atoms with Gasteiger partial charge < -0.3 is 5.11 Å². The molecule has 3 aromatic rings. The molecule has 0 saturated heterocycles. The van der Waals surface area contributed by atoms with E-state index in [0.29, 0.717) is 0 Å². The molecule has 0 saturated carbocycles. The van der Waals surface area contributed by atoms with Crippen LogP contribution in [0.1, 0.15) is 16.0 Å². The Morgan fingerprint density at radius 1 is 1.12 bits per heavy atom. The molecule has 0 aliphatic heterocycles. The first-order chi connectivity index (χ1) is 12.5. The summed E-state index contributed by atoms with van der Waals surface area (Å²) in [5, 5.41) is 23.4. The van der Waals surface area contributed by atoms with Crippen LogP contribution >= 0.6 is 22.7 Å². The van der Waals surface area contributed by atoms with E-state index in [1.165, 1.54) is 35.8 Å². The minimum atomic E-state index is -3.75. The van der Waals surface area contributed by atoms with Crippen molar-refractivity contribution in [3.63, 3.8) is 0 Å². The summed E-state index contributed by atoms with van der Waals surface area (Å²) in [4.78, 5) is 0.910. The molecule has 0 bridgehead atoms. The molecule has 0 radical (unpaired) electrons. The minimum absolute atomic E-state index is 0.132. The van der Waals surface area contributed by atoms with Gasteiger partial charge in [0.05, 0.1) is 16.8 Å². The fourth-order valence-electron chi connectivity index (χ4n) is 2.07. The number of benzene rings is 1. The van der Waals surface area contributed by atoms with Gasteiger partial charge in [-0.25, -0.2) is 8.42 Å². The van der Waals surface area contributed by atoms with Gasteiger partial charge in [0.1, 0.15) is 4.21 Å². The Bertz CT molecular complexity index is 1050. The van der Waals surface area contributed by atoms with Crippen molar-refractivity contribution in [2.45, 2.75) is 11.1 Å². The van der Waals surface area contributed by atoms with Crippen molar-refractivity contribution in [2.75, 3.05) is 4.72 Å². The van der Waals surface area contributed by atoms with Gasteiger partial charge in [-0.1, -0.05) is 24.3 Å². The number of thiophene rings is 2. The summed E-state index contributed by atoms with van der Waals surface area (Å²) in [7, 11) is -3.75. The van der Waals surface area contributed by atoms with Gasteiger partial charge >= 0.3 is 0 Å². The molecule has 0 atom stereocenters. The predicted molar refractivity (Wildman–Crippen MR) is 105 cm³/mol. The third-order valence-corrected chi connectivity index (χ3v) is 7.10. The Kier molecular flexibility index (Phi) is 5.50. The lowest BCUT2D eigenvalue weighted by Gasteiger charge is -2.15. The van der Waals surface area contributed by atoms with Gasteiger partial charge in [-0.2, -0.15) is 10.2 Å². The molecule has 9 heteroatoms. The standard InChI is InChI=1S/C17H15N3O3S3/c1-12-8-10-24-15(12)11-18-19-17(21)13-5-2-3-6-14(13)20-26(22,23)16-7-4-9-25-16/h2-11,20H,1H3,(H,19,21)/p-1/b18-11-. The molecule has 1 aromatic carbocycles. The van der Waals surface area contributed by atoms with Crippen molar-refractivity contribution in [1.82, 2.24) is 0 Å². The summed E-state index contributed by atoms with van der Waals surface area (Å²) in [6, 6.07) is 11.4. The van der Waals surface area contributed by atoms with Gasteiger partial charge in [0.2, 0.25) is 0 Å². The van der Waals surface area contributed by atoms with Crippen molar-refractivity contribution in [2.24, 2.45) is 10.2 Å². The lowest BCUT2D eigenvalue weighted by molar-refractivity contribution is -0.213. The number of nitrogens with zero attached hydrogens (tertiary/aromatic N) is 2. The summed E-state index contributed by atoms with van der Waals surface area (Å²) in [5.41, 5.74) is 1.34. The summed E-state index contributed by atoms with van der Waals surface area (Å²) < 4.78 is 27.4. The topological polar surface area (TPSA) is 93.9 Å². The number of aryl methyl sites for hydroxylation is 1. The highest BCUT2D eigenvalue weighted by Crippen LogP contribution is 2.22. The molecule has 0 amide bonds. The van der Waals surface area contributed by atoms with Crippen LogP contribution in [0.25, 0.3) is 0 Å². The smallest absolute Gasteiger partial charge is 0.271 e. The maximum atomic E-state index is 12.4. The van der Waals surface area contributed by atoms with Gasteiger partial charge in [0, 0.05) is 11.5 Å². The molecular weight excluding hydrogens is 390 g/mol.